The van der Waals surface area contributed by atoms with Gasteiger partial charge in [-0.15, -0.1) is 0 Å². The Balaban J connectivity index is 2.64. The number of nitrogens with one attached hydrogen (secondary N) is 1. The predicted molar refractivity (Wildman–Crippen MR) is 75.2 cm³/mol. The van der Waals surface area contributed by atoms with Crippen LogP contribution in [0, 0.1) is 6.92 Å². The molecule has 4 N–H and O–H groups in total. The third-order valence-corrected chi connectivity index (χ3v) is 2.98. The van der Waals surface area contributed by atoms with Crippen molar-refractivity contribution < 1.29 is 9.90 Å². The third kappa shape index (κ3) is 3.95. The molecule has 0 atom stereocenters. The molecule has 0 bridgehead atoms. The van der Waals surface area contributed by atoms with Gasteiger partial charge in [-0.1, -0.05) is 26.2 Å². The molecule has 100 valence electrons. The zero-order valence-corrected chi connectivity index (χ0v) is 11.1. The Morgan fingerprint density at radius 1 is 1.33 bits per heavy atom. The van der Waals surface area contributed by atoms with Gasteiger partial charge in [0.1, 0.15) is 0 Å². The average Bonchev–Trinajstić information content (AvgIpc) is 2.32. The number of hydrogen-bond donors (Lipinski definition) is 3. The Hall–Kier alpha value is -1.71. The largest absolute Gasteiger partial charge is 0.478 e. The van der Waals surface area contributed by atoms with E-state index in [1.807, 2.05) is 13.0 Å². The van der Waals surface area contributed by atoms with E-state index in [9.17, 15) is 4.79 Å². The lowest BCUT2D eigenvalue weighted by Crippen LogP contribution is -2.08. The number of unbranched alkanes of at least 4 members (excludes halogenated alkanes) is 3. The lowest BCUT2D eigenvalue weighted by atomic mass is 10.1. The maximum atomic E-state index is 11.0. The van der Waals surface area contributed by atoms with Gasteiger partial charge in [0.25, 0.3) is 0 Å². The molecule has 0 heterocycles. The summed E-state index contributed by atoms with van der Waals surface area (Å²) in [4.78, 5) is 11.0. The highest BCUT2D eigenvalue weighted by atomic mass is 16.4. The molecule has 0 radical (unpaired) electrons. The lowest BCUT2D eigenvalue weighted by Gasteiger charge is -2.11. The first-order chi connectivity index (χ1) is 8.56. The number of aryl methyl sites for hydroxylation is 1. The minimum atomic E-state index is -0.981. The van der Waals surface area contributed by atoms with Crippen molar-refractivity contribution in [2.45, 2.75) is 39.5 Å². The van der Waals surface area contributed by atoms with Crippen molar-refractivity contribution in [1.82, 2.24) is 0 Å². The van der Waals surface area contributed by atoms with Gasteiger partial charge < -0.3 is 16.2 Å². The van der Waals surface area contributed by atoms with Crippen LogP contribution in [0.3, 0.4) is 0 Å². The Morgan fingerprint density at radius 2 is 2.06 bits per heavy atom. The van der Waals surface area contributed by atoms with Gasteiger partial charge in [-0.2, -0.15) is 0 Å². The van der Waals surface area contributed by atoms with Crippen LogP contribution in [0.25, 0.3) is 0 Å². The fraction of sp³-hybridized carbons (Fsp3) is 0.500. The van der Waals surface area contributed by atoms with E-state index >= 15 is 0 Å². The summed E-state index contributed by atoms with van der Waals surface area (Å²) in [5, 5.41) is 12.3. The summed E-state index contributed by atoms with van der Waals surface area (Å²) in [5.41, 5.74) is 7.88. The SMILES string of the molecule is CCCCCCNc1cc(C)c(N)c(C(=O)O)c1. The van der Waals surface area contributed by atoms with E-state index in [2.05, 4.69) is 12.2 Å². The normalized spacial score (nSPS) is 10.3. The summed E-state index contributed by atoms with van der Waals surface area (Å²) < 4.78 is 0. The van der Waals surface area contributed by atoms with Crippen molar-refractivity contribution in [2.24, 2.45) is 0 Å². The van der Waals surface area contributed by atoms with Gasteiger partial charge in [0.2, 0.25) is 0 Å². The molecule has 4 nitrogen and oxygen atoms in total. The summed E-state index contributed by atoms with van der Waals surface area (Å²) in [6.45, 7) is 4.86. The molecule has 18 heavy (non-hydrogen) atoms. The second-order valence-corrected chi connectivity index (χ2v) is 4.55. The number of carboxylic acid groups (broad SMARTS) is 1. The highest BCUT2D eigenvalue weighted by Gasteiger charge is 2.11. The van der Waals surface area contributed by atoms with Crippen molar-refractivity contribution in [3.05, 3.63) is 23.3 Å². The standard InChI is InChI=1S/C14H22N2O2/c1-3-4-5-6-7-16-11-8-10(2)13(15)12(9-11)14(17)18/h8-9,16H,3-7,15H2,1-2H3,(H,17,18). The van der Waals surface area contributed by atoms with Gasteiger partial charge in [-0.25, -0.2) is 4.79 Å². The number of rotatable bonds is 7. The molecule has 1 rings (SSSR count). The molecule has 0 spiro atoms. The number of nitrogens with two attached hydrogens (primary N) is 1. The molecule has 0 unspecified atom stereocenters. The number of nitrogen functional groups attached to an aromatic ring is 1. The molecule has 1 aromatic carbocycles. The summed E-state index contributed by atoms with van der Waals surface area (Å²) >= 11 is 0. The van der Waals surface area contributed by atoms with Crippen LogP contribution in [0.2, 0.25) is 0 Å². The van der Waals surface area contributed by atoms with E-state index in [4.69, 9.17) is 10.8 Å². The van der Waals surface area contributed by atoms with Crippen molar-refractivity contribution in [1.29, 1.82) is 0 Å². The molecule has 0 saturated heterocycles. The quantitative estimate of drug-likeness (QED) is 0.513. The maximum Gasteiger partial charge on any atom is 0.337 e. The van der Waals surface area contributed by atoms with Crippen molar-refractivity contribution in [3.63, 3.8) is 0 Å². The molecule has 0 aromatic heterocycles. The zero-order chi connectivity index (χ0) is 13.5. The van der Waals surface area contributed by atoms with E-state index in [1.54, 1.807) is 6.07 Å². The highest BCUT2D eigenvalue weighted by Crippen LogP contribution is 2.22. The van der Waals surface area contributed by atoms with Gasteiger partial charge in [-0.3, -0.25) is 0 Å². The van der Waals surface area contributed by atoms with E-state index in [0.29, 0.717) is 5.69 Å². The van der Waals surface area contributed by atoms with E-state index < -0.39 is 5.97 Å². The Labute approximate surface area is 108 Å². The van der Waals surface area contributed by atoms with E-state index in [0.717, 1.165) is 24.2 Å². The third-order valence-electron chi connectivity index (χ3n) is 2.98. The molecule has 0 amide bonds. The van der Waals surface area contributed by atoms with Gasteiger partial charge in [0, 0.05) is 17.9 Å². The molecule has 0 fully saturated rings. The van der Waals surface area contributed by atoms with Crippen LogP contribution in [-0.2, 0) is 0 Å². The first-order valence-corrected chi connectivity index (χ1v) is 6.43. The molecule has 0 aliphatic carbocycles. The molecule has 0 aliphatic rings. The van der Waals surface area contributed by atoms with Crippen LogP contribution >= 0.6 is 0 Å². The van der Waals surface area contributed by atoms with Crippen molar-refractivity contribution in [3.8, 4) is 0 Å². The Bertz CT molecular complexity index is 417. The number of aromatic carboxylic acids is 1. The summed E-state index contributed by atoms with van der Waals surface area (Å²) in [6.07, 6.45) is 4.75. The predicted octanol–water partition coefficient (Wildman–Crippen LogP) is 3.27. The first-order valence-electron chi connectivity index (χ1n) is 6.43. The van der Waals surface area contributed by atoms with Crippen LogP contribution in [0.15, 0.2) is 12.1 Å². The first kappa shape index (κ1) is 14.4. The van der Waals surface area contributed by atoms with Gasteiger partial charge in [-0.05, 0) is 31.0 Å². The Morgan fingerprint density at radius 3 is 2.67 bits per heavy atom. The second-order valence-electron chi connectivity index (χ2n) is 4.55. The second kappa shape index (κ2) is 6.89. The topological polar surface area (TPSA) is 75.3 Å². The van der Waals surface area contributed by atoms with Crippen molar-refractivity contribution >= 4 is 17.3 Å². The number of anilines is 2. The number of hydrogen-bond acceptors (Lipinski definition) is 3. The fourth-order valence-corrected chi connectivity index (χ4v) is 1.86. The minimum absolute atomic E-state index is 0.172. The average molecular weight is 250 g/mol. The lowest BCUT2D eigenvalue weighted by molar-refractivity contribution is 0.0698. The minimum Gasteiger partial charge on any atom is -0.478 e. The van der Waals surface area contributed by atoms with E-state index in [1.165, 1.54) is 19.3 Å². The molecule has 0 saturated carbocycles. The highest BCUT2D eigenvalue weighted by molar-refractivity contribution is 5.95. The zero-order valence-electron chi connectivity index (χ0n) is 11.1. The molecule has 4 heteroatoms. The number of benzene rings is 1. The van der Waals surface area contributed by atoms with Gasteiger partial charge >= 0.3 is 5.97 Å². The molecule has 1 aromatic rings. The van der Waals surface area contributed by atoms with Crippen LogP contribution in [0.1, 0.15) is 48.5 Å². The van der Waals surface area contributed by atoms with E-state index in [-0.39, 0.29) is 5.56 Å². The fourth-order valence-electron chi connectivity index (χ4n) is 1.86. The van der Waals surface area contributed by atoms with Crippen LogP contribution in [-0.4, -0.2) is 17.6 Å². The van der Waals surface area contributed by atoms with Crippen LogP contribution in [0.4, 0.5) is 11.4 Å². The smallest absolute Gasteiger partial charge is 0.337 e. The monoisotopic (exact) mass is 250 g/mol. The van der Waals surface area contributed by atoms with Gasteiger partial charge in [0.15, 0.2) is 0 Å². The molecular formula is C14H22N2O2. The van der Waals surface area contributed by atoms with Crippen LogP contribution < -0.4 is 11.1 Å². The van der Waals surface area contributed by atoms with Crippen LogP contribution in [0.5, 0.6) is 0 Å². The van der Waals surface area contributed by atoms with Crippen molar-refractivity contribution in [2.75, 3.05) is 17.6 Å². The maximum absolute atomic E-state index is 11.0. The molecule has 0 aliphatic heterocycles. The number of carbonyl (C=O) groups is 1. The summed E-state index contributed by atoms with van der Waals surface area (Å²) in [5.74, 6) is -0.981. The Kier molecular flexibility index (Phi) is 5.49. The summed E-state index contributed by atoms with van der Waals surface area (Å²) in [7, 11) is 0. The number of carboxylic acids is 1. The van der Waals surface area contributed by atoms with Gasteiger partial charge in [0.05, 0.1) is 5.56 Å². The summed E-state index contributed by atoms with van der Waals surface area (Å²) in [6, 6.07) is 3.49. The molecular weight excluding hydrogens is 228 g/mol.